The van der Waals surface area contributed by atoms with Gasteiger partial charge in [0.05, 0.1) is 11.6 Å². The summed E-state index contributed by atoms with van der Waals surface area (Å²) in [6, 6.07) is 13.1. The van der Waals surface area contributed by atoms with E-state index < -0.39 is 11.5 Å². The molecule has 0 spiro atoms. The Morgan fingerprint density at radius 1 is 1.38 bits per heavy atom. The molecule has 2 aromatic rings. The molecule has 0 aliphatic heterocycles. The van der Waals surface area contributed by atoms with Crippen LogP contribution in [0.15, 0.2) is 47.4 Å². The van der Waals surface area contributed by atoms with Gasteiger partial charge in [-0.25, -0.2) is 4.39 Å². The van der Waals surface area contributed by atoms with Crippen LogP contribution in [-0.2, 0) is 4.79 Å². The van der Waals surface area contributed by atoms with Crippen LogP contribution < -0.4 is 5.32 Å². The van der Waals surface area contributed by atoms with Crippen molar-refractivity contribution in [1.29, 1.82) is 5.26 Å². The Morgan fingerprint density at radius 3 is 2.71 bits per heavy atom. The van der Waals surface area contributed by atoms with Gasteiger partial charge in [0.2, 0.25) is 0 Å². The van der Waals surface area contributed by atoms with Crippen molar-refractivity contribution in [3.05, 3.63) is 59.4 Å². The Kier molecular flexibility index (Phi) is 5.60. The summed E-state index contributed by atoms with van der Waals surface area (Å²) in [5, 5.41) is 21.9. The van der Waals surface area contributed by atoms with Crippen LogP contribution in [0.5, 0.6) is 0 Å². The molecule has 6 heteroatoms. The summed E-state index contributed by atoms with van der Waals surface area (Å²) in [5.41, 5.74) is 0.0765. The van der Waals surface area contributed by atoms with E-state index in [1.807, 2.05) is 6.07 Å². The average molecular weight is 344 g/mol. The molecular weight excluding hydrogens is 327 g/mol. The van der Waals surface area contributed by atoms with E-state index in [1.54, 1.807) is 43.3 Å². The minimum absolute atomic E-state index is 0.00896. The van der Waals surface area contributed by atoms with Gasteiger partial charge in [0.1, 0.15) is 11.4 Å². The molecule has 2 rings (SSSR count). The molecule has 1 amide bonds. The SMILES string of the molecule is Cc1cc(NC(=O)C(C)(O)CSc2ccccc2F)ccc1C#N. The summed E-state index contributed by atoms with van der Waals surface area (Å²) < 4.78 is 13.6. The van der Waals surface area contributed by atoms with Gasteiger partial charge in [0.15, 0.2) is 0 Å². The highest BCUT2D eigenvalue weighted by Crippen LogP contribution is 2.26. The normalized spacial score (nSPS) is 13.0. The molecule has 2 aromatic carbocycles. The number of amides is 1. The first-order chi connectivity index (χ1) is 11.3. The number of thioether (sulfide) groups is 1. The van der Waals surface area contributed by atoms with Crippen LogP contribution >= 0.6 is 11.8 Å². The lowest BCUT2D eigenvalue weighted by Crippen LogP contribution is -2.42. The van der Waals surface area contributed by atoms with Crippen LogP contribution in [0.25, 0.3) is 0 Å². The van der Waals surface area contributed by atoms with Crippen LogP contribution in [0.1, 0.15) is 18.1 Å². The molecule has 0 bridgehead atoms. The number of carbonyl (C=O) groups is 1. The molecule has 24 heavy (non-hydrogen) atoms. The number of rotatable bonds is 5. The van der Waals surface area contributed by atoms with Crippen LogP contribution in [0.3, 0.4) is 0 Å². The molecule has 0 aromatic heterocycles. The molecular formula is C18H17FN2O2S. The fourth-order valence-corrected chi connectivity index (χ4v) is 2.93. The van der Waals surface area contributed by atoms with Crippen molar-refractivity contribution >= 4 is 23.4 Å². The predicted octanol–water partition coefficient (Wildman–Crippen LogP) is 3.49. The summed E-state index contributed by atoms with van der Waals surface area (Å²) in [6.07, 6.45) is 0. The van der Waals surface area contributed by atoms with Gasteiger partial charge in [-0.2, -0.15) is 5.26 Å². The molecule has 0 saturated carbocycles. The number of carbonyl (C=O) groups excluding carboxylic acids is 1. The number of benzene rings is 2. The van der Waals surface area contributed by atoms with Crippen molar-refractivity contribution in [2.75, 3.05) is 11.1 Å². The Morgan fingerprint density at radius 2 is 2.08 bits per heavy atom. The number of nitriles is 1. The Hall–Kier alpha value is -2.36. The van der Waals surface area contributed by atoms with Crippen LogP contribution in [-0.4, -0.2) is 22.4 Å². The lowest BCUT2D eigenvalue weighted by atomic mass is 10.1. The second-order valence-corrected chi connectivity index (χ2v) is 6.61. The summed E-state index contributed by atoms with van der Waals surface area (Å²) in [4.78, 5) is 12.6. The molecule has 0 saturated heterocycles. The molecule has 0 aliphatic carbocycles. The summed E-state index contributed by atoms with van der Waals surface area (Å²) >= 11 is 1.07. The highest BCUT2D eigenvalue weighted by Gasteiger charge is 2.30. The lowest BCUT2D eigenvalue weighted by Gasteiger charge is -2.22. The summed E-state index contributed by atoms with van der Waals surface area (Å²) in [5.74, 6) is -0.966. The minimum atomic E-state index is -1.67. The number of hydrogen-bond acceptors (Lipinski definition) is 4. The zero-order valence-electron chi connectivity index (χ0n) is 13.3. The van der Waals surface area contributed by atoms with E-state index in [-0.39, 0.29) is 11.6 Å². The van der Waals surface area contributed by atoms with E-state index in [4.69, 9.17) is 5.26 Å². The quantitative estimate of drug-likeness (QED) is 0.815. The molecule has 0 fully saturated rings. The number of nitrogens with zero attached hydrogens (tertiary/aromatic N) is 1. The second-order valence-electron chi connectivity index (χ2n) is 5.59. The summed E-state index contributed by atoms with van der Waals surface area (Å²) in [6.45, 7) is 3.15. The molecule has 4 nitrogen and oxygen atoms in total. The minimum Gasteiger partial charge on any atom is -0.379 e. The number of halogens is 1. The number of aliphatic hydroxyl groups is 1. The standard InChI is InChI=1S/C18H17FN2O2S/c1-12-9-14(8-7-13(12)10-20)21-17(22)18(2,23)11-24-16-6-4-3-5-15(16)19/h3-9,23H,11H2,1-2H3,(H,21,22). The van der Waals surface area contributed by atoms with E-state index in [1.165, 1.54) is 13.0 Å². The molecule has 0 radical (unpaired) electrons. The number of nitrogens with one attached hydrogen (secondary N) is 1. The van der Waals surface area contributed by atoms with E-state index in [2.05, 4.69) is 5.32 Å². The van der Waals surface area contributed by atoms with E-state index in [0.29, 0.717) is 16.1 Å². The average Bonchev–Trinajstić information content (AvgIpc) is 2.54. The Bertz CT molecular complexity index is 800. The van der Waals surface area contributed by atoms with Crippen molar-refractivity contribution in [1.82, 2.24) is 0 Å². The van der Waals surface area contributed by atoms with Gasteiger partial charge in [-0.15, -0.1) is 11.8 Å². The van der Waals surface area contributed by atoms with Crippen molar-refractivity contribution < 1.29 is 14.3 Å². The van der Waals surface area contributed by atoms with Gasteiger partial charge in [-0.05, 0) is 49.7 Å². The van der Waals surface area contributed by atoms with Crippen molar-refractivity contribution in [2.24, 2.45) is 0 Å². The molecule has 1 unspecified atom stereocenters. The summed E-state index contributed by atoms with van der Waals surface area (Å²) in [7, 11) is 0. The van der Waals surface area contributed by atoms with Crippen molar-refractivity contribution in [3.8, 4) is 6.07 Å². The molecule has 1 atom stereocenters. The molecule has 124 valence electrons. The molecule has 2 N–H and O–H groups in total. The predicted molar refractivity (Wildman–Crippen MR) is 92.3 cm³/mol. The monoisotopic (exact) mass is 344 g/mol. The van der Waals surface area contributed by atoms with Gasteiger partial charge in [-0.1, -0.05) is 12.1 Å². The fourth-order valence-electron chi connectivity index (χ4n) is 1.98. The lowest BCUT2D eigenvalue weighted by molar-refractivity contribution is -0.130. The maximum Gasteiger partial charge on any atom is 0.256 e. The number of anilines is 1. The van der Waals surface area contributed by atoms with E-state index in [0.717, 1.165) is 17.3 Å². The maximum absolute atomic E-state index is 13.6. The van der Waals surface area contributed by atoms with Gasteiger partial charge >= 0.3 is 0 Å². The Balaban J connectivity index is 2.03. The third-order valence-electron chi connectivity index (χ3n) is 3.44. The largest absolute Gasteiger partial charge is 0.379 e. The van der Waals surface area contributed by atoms with Crippen LogP contribution in [0.2, 0.25) is 0 Å². The first kappa shape index (κ1) is 18.0. The zero-order valence-corrected chi connectivity index (χ0v) is 14.2. The fraction of sp³-hybridized carbons (Fsp3) is 0.222. The third-order valence-corrected chi connectivity index (χ3v) is 4.79. The highest BCUT2D eigenvalue weighted by atomic mass is 32.2. The first-order valence-corrected chi connectivity index (χ1v) is 8.24. The highest BCUT2D eigenvalue weighted by molar-refractivity contribution is 7.99. The topological polar surface area (TPSA) is 73.1 Å². The van der Waals surface area contributed by atoms with E-state index >= 15 is 0 Å². The molecule has 0 heterocycles. The molecule has 0 aliphatic rings. The van der Waals surface area contributed by atoms with Crippen LogP contribution in [0.4, 0.5) is 10.1 Å². The maximum atomic E-state index is 13.6. The van der Waals surface area contributed by atoms with Crippen molar-refractivity contribution in [2.45, 2.75) is 24.3 Å². The number of hydrogen-bond donors (Lipinski definition) is 2. The van der Waals surface area contributed by atoms with Crippen LogP contribution in [0, 0.1) is 24.1 Å². The van der Waals surface area contributed by atoms with Gasteiger partial charge < -0.3 is 10.4 Å². The van der Waals surface area contributed by atoms with Crippen molar-refractivity contribution in [3.63, 3.8) is 0 Å². The van der Waals surface area contributed by atoms with E-state index in [9.17, 15) is 14.3 Å². The van der Waals surface area contributed by atoms with Gasteiger partial charge in [0, 0.05) is 16.3 Å². The first-order valence-electron chi connectivity index (χ1n) is 7.25. The van der Waals surface area contributed by atoms with Gasteiger partial charge in [-0.3, -0.25) is 4.79 Å². The Labute approximate surface area is 144 Å². The third kappa shape index (κ3) is 4.34. The van der Waals surface area contributed by atoms with Gasteiger partial charge in [0.25, 0.3) is 5.91 Å². The zero-order chi connectivity index (χ0) is 17.7. The second kappa shape index (κ2) is 7.47. The number of aryl methyl sites for hydroxylation is 1. The smallest absolute Gasteiger partial charge is 0.256 e.